The molecule has 0 unspecified atom stereocenters. The van der Waals surface area contributed by atoms with E-state index in [-0.39, 0.29) is 11.5 Å². The number of hydrogen-bond donors (Lipinski definition) is 3. The molecule has 0 aromatic carbocycles. The third kappa shape index (κ3) is 2.06. The molecule has 3 N–H and O–H groups in total. The fraction of sp³-hybridized carbons (Fsp3) is 0.429. The smallest absolute Gasteiger partial charge is 0.327 e. The summed E-state index contributed by atoms with van der Waals surface area (Å²) in [5.74, 6) is 0.0654. The van der Waals surface area contributed by atoms with Gasteiger partial charge in [0, 0.05) is 6.54 Å². The lowest BCUT2D eigenvalue weighted by Gasteiger charge is -2.03. The van der Waals surface area contributed by atoms with Crippen LogP contribution in [0.4, 0.5) is 11.5 Å². The molecule has 0 saturated carbocycles. The molecule has 0 aliphatic carbocycles. The Labute approximate surface area is 78.5 Å². The molecule has 1 rings (SSSR count). The number of nitrogens with zero attached hydrogens (tertiary/aromatic N) is 1. The second-order valence-corrected chi connectivity index (χ2v) is 2.65. The monoisotopic (exact) mass is 198 g/mol. The molecule has 1 aromatic heterocycles. The van der Waals surface area contributed by atoms with E-state index in [9.17, 15) is 14.5 Å². The SMILES string of the molecule is CCCNc1[nH]c(=O)[nH]c(=O)c1N=O. The molecular weight excluding hydrogens is 188 g/mol. The van der Waals surface area contributed by atoms with Gasteiger partial charge in [-0.1, -0.05) is 6.92 Å². The van der Waals surface area contributed by atoms with Gasteiger partial charge in [0.25, 0.3) is 5.56 Å². The first kappa shape index (κ1) is 10.2. The first-order valence-corrected chi connectivity index (χ1v) is 4.13. The quantitative estimate of drug-likeness (QED) is 0.604. The standard InChI is InChI=1S/C7H10N4O3/c1-2-3-8-5-4(11-14)6(12)10-7(13)9-5/h2-3H2,1H3,(H3,8,9,10,12,13). The van der Waals surface area contributed by atoms with E-state index in [1.165, 1.54) is 0 Å². The van der Waals surface area contributed by atoms with Gasteiger partial charge in [0.05, 0.1) is 0 Å². The lowest BCUT2D eigenvalue weighted by molar-refractivity contribution is 0.948. The van der Waals surface area contributed by atoms with Crippen molar-refractivity contribution in [2.24, 2.45) is 5.18 Å². The lowest BCUT2D eigenvalue weighted by Crippen LogP contribution is -2.23. The summed E-state index contributed by atoms with van der Waals surface area (Å²) in [6.07, 6.45) is 0.799. The maximum atomic E-state index is 11.0. The maximum absolute atomic E-state index is 11.0. The van der Waals surface area contributed by atoms with Gasteiger partial charge in [0.15, 0.2) is 0 Å². The highest BCUT2D eigenvalue weighted by Crippen LogP contribution is 2.13. The zero-order valence-corrected chi connectivity index (χ0v) is 7.59. The molecule has 0 aliphatic heterocycles. The van der Waals surface area contributed by atoms with Crippen molar-refractivity contribution >= 4 is 11.5 Å². The molecule has 1 aromatic rings. The summed E-state index contributed by atoms with van der Waals surface area (Å²) >= 11 is 0. The van der Waals surface area contributed by atoms with Crippen LogP contribution in [0.2, 0.25) is 0 Å². The third-order valence-corrected chi connectivity index (χ3v) is 1.56. The Hall–Kier alpha value is -1.92. The average Bonchev–Trinajstić information content (AvgIpc) is 2.14. The highest BCUT2D eigenvalue weighted by molar-refractivity contribution is 5.57. The molecule has 76 valence electrons. The Kier molecular flexibility index (Phi) is 3.16. The summed E-state index contributed by atoms with van der Waals surface area (Å²) in [5.41, 5.74) is -1.79. The first-order chi connectivity index (χ1) is 6.69. The van der Waals surface area contributed by atoms with Gasteiger partial charge in [-0.3, -0.25) is 14.8 Å². The summed E-state index contributed by atoms with van der Waals surface area (Å²) in [6.45, 7) is 2.45. The molecule has 1 heterocycles. The van der Waals surface area contributed by atoms with Gasteiger partial charge in [0.2, 0.25) is 5.69 Å². The zero-order chi connectivity index (χ0) is 10.6. The van der Waals surface area contributed by atoms with E-state index in [0.29, 0.717) is 6.54 Å². The highest BCUT2D eigenvalue weighted by Gasteiger charge is 2.08. The number of aromatic nitrogens is 2. The van der Waals surface area contributed by atoms with Crippen LogP contribution in [0.25, 0.3) is 0 Å². The Bertz CT molecular complexity index is 433. The van der Waals surface area contributed by atoms with Crippen molar-refractivity contribution < 1.29 is 0 Å². The summed E-state index contributed by atoms with van der Waals surface area (Å²) < 4.78 is 0. The molecule has 0 fully saturated rings. The molecule has 7 nitrogen and oxygen atoms in total. The molecule has 0 spiro atoms. The van der Waals surface area contributed by atoms with Crippen molar-refractivity contribution in [3.05, 3.63) is 25.7 Å². The van der Waals surface area contributed by atoms with Crippen LogP contribution < -0.4 is 16.6 Å². The molecule has 0 radical (unpaired) electrons. The van der Waals surface area contributed by atoms with Gasteiger partial charge in [-0.2, -0.15) is 0 Å². The van der Waals surface area contributed by atoms with Gasteiger partial charge >= 0.3 is 5.69 Å². The Morgan fingerprint density at radius 3 is 2.64 bits per heavy atom. The van der Waals surface area contributed by atoms with E-state index in [1.54, 1.807) is 0 Å². The maximum Gasteiger partial charge on any atom is 0.327 e. The van der Waals surface area contributed by atoms with E-state index in [0.717, 1.165) is 6.42 Å². The van der Waals surface area contributed by atoms with Crippen molar-refractivity contribution in [3.63, 3.8) is 0 Å². The summed E-state index contributed by atoms with van der Waals surface area (Å²) in [5, 5.41) is 5.26. The van der Waals surface area contributed by atoms with E-state index < -0.39 is 11.2 Å². The minimum atomic E-state index is -0.789. The van der Waals surface area contributed by atoms with Crippen LogP contribution >= 0.6 is 0 Å². The fourth-order valence-electron chi connectivity index (χ4n) is 0.945. The molecule has 0 aliphatic rings. The Morgan fingerprint density at radius 2 is 2.07 bits per heavy atom. The largest absolute Gasteiger partial charge is 0.369 e. The predicted molar refractivity (Wildman–Crippen MR) is 51.9 cm³/mol. The lowest BCUT2D eigenvalue weighted by atomic mass is 10.4. The molecule has 7 heteroatoms. The van der Waals surface area contributed by atoms with E-state index in [4.69, 9.17) is 0 Å². The second-order valence-electron chi connectivity index (χ2n) is 2.65. The summed E-state index contributed by atoms with van der Waals surface area (Å²) in [7, 11) is 0. The van der Waals surface area contributed by atoms with Gasteiger partial charge in [-0.05, 0) is 11.6 Å². The zero-order valence-electron chi connectivity index (χ0n) is 7.59. The van der Waals surface area contributed by atoms with Crippen LogP contribution in [0, 0.1) is 4.91 Å². The molecule has 0 saturated heterocycles. The normalized spacial score (nSPS) is 9.79. The van der Waals surface area contributed by atoms with Crippen LogP contribution in [0.5, 0.6) is 0 Å². The van der Waals surface area contributed by atoms with Crippen LogP contribution in [-0.4, -0.2) is 16.5 Å². The molecule has 0 atom stereocenters. The number of hydrogen-bond acceptors (Lipinski definition) is 5. The Balaban J connectivity index is 3.18. The predicted octanol–water partition coefficient (Wildman–Crippen LogP) is 0.283. The number of rotatable bonds is 4. The first-order valence-electron chi connectivity index (χ1n) is 4.13. The topological polar surface area (TPSA) is 107 Å². The van der Waals surface area contributed by atoms with Gasteiger partial charge in [-0.15, -0.1) is 4.91 Å². The highest BCUT2D eigenvalue weighted by atomic mass is 16.3. The number of anilines is 1. The molecule has 0 bridgehead atoms. The van der Waals surface area contributed by atoms with Gasteiger partial charge in [-0.25, -0.2) is 4.79 Å². The number of nitrogens with one attached hydrogen (secondary N) is 3. The van der Waals surface area contributed by atoms with Crippen LogP contribution in [-0.2, 0) is 0 Å². The van der Waals surface area contributed by atoms with Gasteiger partial charge in [0.1, 0.15) is 5.82 Å². The van der Waals surface area contributed by atoms with E-state index in [2.05, 4.69) is 15.5 Å². The van der Waals surface area contributed by atoms with Gasteiger partial charge < -0.3 is 5.32 Å². The van der Waals surface area contributed by atoms with Crippen molar-refractivity contribution in [2.45, 2.75) is 13.3 Å². The third-order valence-electron chi connectivity index (χ3n) is 1.56. The van der Waals surface area contributed by atoms with Crippen LogP contribution in [0.3, 0.4) is 0 Å². The van der Waals surface area contributed by atoms with Crippen LogP contribution in [0.1, 0.15) is 13.3 Å². The summed E-state index contributed by atoms with van der Waals surface area (Å²) in [6, 6.07) is 0. The number of aromatic amines is 2. The fourth-order valence-corrected chi connectivity index (χ4v) is 0.945. The number of nitroso groups, excluding NO2 is 1. The van der Waals surface area contributed by atoms with E-state index in [1.807, 2.05) is 11.9 Å². The van der Waals surface area contributed by atoms with Crippen molar-refractivity contribution in [3.8, 4) is 0 Å². The molecule has 0 amide bonds. The molecular formula is C7H10N4O3. The minimum absolute atomic E-state index is 0.0654. The van der Waals surface area contributed by atoms with Crippen molar-refractivity contribution in [1.82, 2.24) is 9.97 Å². The van der Waals surface area contributed by atoms with E-state index >= 15 is 0 Å². The minimum Gasteiger partial charge on any atom is -0.369 e. The second kappa shape index (κ2) is 4.35. The van der Waals surface area contributed by atoms with Crippen molar-refractivity contribution in [2.75, 3.05) is 11.9 Å². The average molecular weight is 198 g/mol. The molecule has 14 heavy (non-hydrogen) atoms. The number of H-pyrrole nitrogens is 2. The van der Waals surface area contributed by atoms with Crippen molar-refractivity contribution in [1.29, 1.82) is 0 Å². The Morgan fingerprint density at radius 1 is 1.36 bits per heavy atom. The summed E-state index contributed by atoms with van der Waals surface area (Å²) in [4.78, 5) is 36.4. The van der Waals surface area contributed by atoms with Crippen LogP contribution in [0.15, 0.2) is 14.8 Å².